The van der Waals surface area contributed by atoms with E-state index >= 15 is 0 Å². The van der Waals surface area contributed by atoms with E-state index in [1.54, 1.807) is 0 Å². The summed E-state index contributed by atoms with van der Waals surface area (Å²) < 4.78 is 2.05. The smallest absolute Gasteiger partial charge is 0.202 e. The Morgan fingerprint density at radius 1 is 1.53 bits per heavy atom. The van der Waals surface area contributed by atoms with E-state index < -0.39 is 0 Å². The molecule has 0 saturated carbocycles. The Morgan fingerprint density at radius 3 is 2.87 bits per heavy atom. The molecule has 1 unspecified atom stereocenters. The minimum absolute atomic E-state index is 0.770. The average Bonchev–Trinajstić information content (AvgIpc) is 2.70. The van der Waals surface area contributed by atoms with Crippen LogP contribution in [0.2, 0.25) is 0 Å². The van der Waals surface area contributed by atoms with Crippen LogP contribution < -0.4 is 5.32 Å². The van der Waals surface area contributed by atoms with Crippen LogP contribution in [0, 0.1) is 12.8 Å². The number of hydrogen-bond donors (Lipinski definition) is 1. The van der Waals surface area contributed by atoms with Crippen LogP contribution in [0.25, 0.3) is 0 Å². The predicted octanol–water partition coefficient (Wildman–Crippen LogP) is 1.09. The van der Waals surface area contributed by atoms with Crippen molar-refractivity contribution < 1.29 is 0 Å². The molecule has 1 saturated heterocycles. The molecule has 0 aromatic carbocycles. The number of aromatic nitrogens is 2. The minimum atomic E-state index is 0.770. The van der Waals surface area contributed by atoms with E-state index in [0.29, 0.717) is 0 Å². The number of rotatable bonds is 3. The first kappa shape index (κ1) is 10.5. The van der Waals surface area contributed by atoms with Gasteiger partial charge in [-0.25, -0.2) is 4.98 Å². The second-order valence-electron chi connectivity index (χ2n) is 4.61. The highest BCUT2D eigenvalue weighted by Crippen LogP contribution is 2.15. The van der Waals surface area contributed by atoms with Crippen LogP contribution in [-0.4, -0.2) is 41.1 Å². The van der Waals surface area contributed by atoms with Crippen molar-refractivity contribution >= 4 is 5.95 Å². The lowest BCUT2D eigenvalue weighted by Gasteiger charge is -2.11. The second kappa shape index (κ2) is 4.23. The lowest BCUT2D eigenvalue weighted by Crippen LogP contribution is -2.20. The van der Waals surface area contributed by atoms with Gasteiger partial charge in [-0.2, -0.15) is 0 Å². The number of nitrogens with zero attached hydrogens (tertiary/aromatic N) is 3. The Bertz CT molecular complexity index is 331. The highest BCUT2D eigenvalue weighted by molar-refractivity contribution is 5.28. The van der Waals surface area contributed by atoms with Gasteiger partial charge in [0.1, 0.15) is 0 Å². The van der Waals surface area contributed by atoms with Crippen LogP contribution in [-0.2, 0) is 7.05 Å². The molecule has 4 heteroatoms. The summed E-state index contributed by atoms with van der Waals surface area (Å²) in [5.41, 5.74) is 1.07. The van der Waals surface area contributed by atoms with Crippen LogP contribution in [0.5, 0.6) is 0 Å². The number of nitrogens with one attached hydrogen (secondary N) is 1. The Labute approximate surface area is 91.3 Å². The van der Waals surface area contributed by atoms with E-state index in [4.69, 9.17) is 0 Å². The zero-order valence-corrected chi connectivity index (χ0v) is 9.82. The van der Waals surface area contributed by atoms with E-state index in [2.05, 4.69) is 22.2 Å². The molecular weight excluding hydrogens is 188 g/mol. The standard InChI is InChI=1S/C11H20N4/c1-9-7-15(3)11(13-9)12-6-10-4-5-14(2)8-10/h7,10H,4-6,8H2,1-3H3,(H,12,13). The van der Waals surface area contributed by atoms with Crippen LogP contribution in [0.3, 0.4) is 0 Å². The monoisotopic (exact) mass is 208 g/mol. The highest BCUT2D eigenvalue weighted by Gasteiger charge is 2.19. The summed E-state index contributed by atoms with van der Waals surface area (Å²) >= 11 is 0. The Balaban J connectivity index is 1.85. The quantitative estimate of drug-likeness (QED) is 0.807. The summed E-state index contributed by atoms with van der Waals surface area (Å²) in [6.07, 6.45) is 3.34. The molecule has 1 N–H and O–H groups in total. The van der Waals surface area contributed by atoms with Crippen molar-refractivity contribution in [3.8, 4) is 0 Å². The fourth-order valence-corrected chi connectivity index (χ4v) is 2.21. The maximum Gasteiger partial charge on any atom is 0.202 e. The summed E-state index contributed by atoms with van der Waals surface area (Å²) in [5.74, 6) is 1.76. The molecule has 0 radical (unpaired) electrons. The molecule has 1 aliphatic rings. The maximum absolute atomic E-state index is 4.43. The fraction of sp³-hybridized carbons (Fsp3) is 0.727. The average molecular weight is 208 g/mol. The Morgan fingerprint density at radius 2 is 2.33 bits per heavy atom. The van der Waals surface area contributed by atoms with Crippen molar-refractivity contribution in [1.29, 1.82) is 0 Å². The summed E-state index contributed by atoms with van der Waals surface area (Å²) in [6.45, 7) is 5.49. The molecule has 1 atom stereocenters. The summed E-state index contributed by atoms with van der Waals surface area (Å²) in [7, 11) is 4.22. The van der Waals surface area contributed by atoms with Gasteiger partial charge in [0, 0.05) is 26.3 Å². The van der Waals surface area contributed by atoms with E-state index in [-0.39, 0.29) is 0 Å². The number of likely N-dealkylation sites (tertiary alicyclic amines) is 1. The largest absolute Gasteiger partial charge is 0.355 e. The van der Waals surface area contributed by atoms with Crippen molar-refractivity contribution in [1.82, 2.24) is 14.5 Å². The number of aryl methyl sites for hydroxylation is 2. The predicted molar refractivity (Wildman–Crippen MR) is 62.0 cm³/mol. The Hall–Kier alpha value is -1.03. The van der Waals surface area contributed by atoms with Gasteiger partial charge in [-0.3, -0.25) is 0 Å². The third-order valence-corrected chi connectivity index (χ3v) is 3.03. The zero-order chi connectivity index (χ0) is 10.8. The van der Waals surface area contributed by atoms with Crippen LogP contribution in [0.4, 0.5) is 5.95 Å². The van der Waals surface area contributed by atoms with Crippen molar-refractivity contribution in [3.63, 3.8) is 0 Å². The lowest BCUT2D eigenvalue weighted by atomic mass is 10.1. The topological polar surface area (TPSA) is 33.1 Å². The molecule has 0 spiro atoms. The molecule has 2 rings (SSSR count). The molecule has 15 heavy (non-hydrogen) atoms. The summed E-state index contributed by atoms with van der Waals surface area (Å²) in [5, 5.41) is 3.42. The first-order valence-electron chi connectivity index (χ1n) is 5.57. The van der Waals surface area contributed by atoms with Crippen molar-refractivity contribution in [2.45, 2.75) is 13.3 Å². The van der Waals surface area contributed by atoms with Gasteiger partial charge in [-0.1, -0.05) is 0 Å². The lowest BCUT2D eigenvalue weighted by molar-refractivity contribution is 0.399. The maximum atomic E-state index is 4.43. The van der Waals surface area contributed by atoms with Gasteiger partial charge < -0.3 is 14.8 Å². The molecule has 1 fully saturated rings. The van der Waals surface area contributed by atoms with E-state index in [1.807, 2.05) is 24.7 Å². The molecule has 1 aliphatic heterocycles. The van der Waals surface area contributed by atoms with Gasteiger partial charge in [0.25, 0.3) is 0 Å². The first-order chi connectivity index (χ1) is 7.15. The molecule has 0 bridgehead atoms. The van der Waals surface area contributed by atoms with Crippen LogP contribution in [0.1, 0.15) is 12.1 Å². The summed E-state index contributed by atoms with van der Waals surface area (Å²) in [4.78, 5) is 6.81. The van der Waals surface area contributed by atoms with Gasteiger partial charge in [0.2, 0.25) is 5.95 Å². The van der Waals surface area contributed by atoms with Gasteiger partial charge in [-0.05, 0) is 32.9 Å². The Kier molecular flexibility index (Phi) is 2.95. The molecular formula is C11H20N4. The number of anilines is 1. The van der Waals surface area contributed by atoms with Gasteiger partial charge in [0.15, 0.2) is 0 Å². The number of hydrogen-bond acceptors (Lipinski definition) is 3. The van der Waals surface area contributed by atoms with Gasteiger partial charge in [-0.15, -0.1) is 0 Å². The molecule has 0 aliphatic carbocycles. The van der Waals surface area contributed by atoms with Gasteiger partial charge >= 0.3 is 0 Å². The molecule has 0 amide bonds. The molecule has 84 valence electrons. The molecule has 1 aromatic rings. The SMILES string of the molecule is Cc1cn(C)c(NCC2CCN(C)C2)n1. The van der Waals surface area contributed by atoms with Crippen molar-refractivity contribution in [2.24, 2.45) is 13.0 Å². The minimum Gasteiger partial charge on any atom is -0.355 e. The normalized spacial score (nSPS) is 22.2. The molecule has 2 heterocycles. The second-order valence-corrected chi connectivity index (χ2v) is 4.61. The summed E-state index contributed by atoms with van der Waals surface area (Å²) in [6, 6.07) is 0. The zero-order valence-electron chi connectivity index (χ0n) is 9.82. The number of imidazole rings is 1. The highest BCUT2D eigenvalue weighted by atomic mass is 15.2. The third-order valence-electron chi connectivity index (χ3n) is 3.03. The van der Waals surface area contributed by atoms with Crippen molar-refractivity contribution in [2.75, 3.05) is 32.0 Å². The van der Waals surface area contributed by atoms with E-state index in [9.17, 15) is 0 Å². The molecule has 1 aromatic heterocycles. The van der Waals surface area contributed by atoms with Crippen LogP contribution in [0.15, 0.2) is 6.20 Å². The fourth-order valence-electron chi connectivity index (χ4n) is 2.21. The first-order valence-corrected chi connectivity index (χ1v) is 5.57. The third kappa shape index (κ3) is 2.50. The van der Waals surface area contributed by atoms with Crippen molar-refractivity contribution in [3.05, 3.63) is 11.9 Å². The van der Waals surface area contributed by atoms with E-state index in [0.717, 1.165) is 24.1 Å². The van der Waals surface area contributed by atoms with Gasteiger partial charge in [0.05, 0.1) is 5.69 Å². The molecule has 4 nitrogen and oxygen atoms in total. The van der Waals surface area contributed by atoms with Crippen LogP contribution >= 0.6 is 0 Å². The van der Waals surface area contributed by atoms with E-state index in [1.165, 1.54) is 19.5 Å².